The Kier molecular flexibility index (Phi) is 4.22. The number of amides is 3. The van der Waals surface area contributed by atoms with E-state index in [1.165, 1.54) is 4.90 Å². The van der Waals surface area contributed by atoms with E-state index in [0.29, 0.717) is 6.42 Å². The first-order valence-corrected chi connectivity index (χ1v) is 5.78. The number of carbonyl (C=O) groups is 3. The number of rotatable bonds is 3. The predicted octanol–water partition coefficient (Wildman–Crippen LogP) is -0.767. The van der Waals surface area contributed by atoms with Crippen molar-refractivity contribution in [2.45, 2.75) is 39.3 Å². The summed E-state index contributed by atoms with van der Waals surface area (Å²) in [6.45, 7) is 5.36. The summed E-state index contributed by atoms with van der Waals surface area (Å²) < 4.78 is 0. The van der Waals surface area contributed by atoms with Crippen LogP contribution in [-0.4, -0.2) is 41.2 Å². The second-order valence-electron chi connectivity index (χ2n) is 4.57. The third-order valence-electron chi connectivity index (χ3n) is 2.93. The summed E-state index contributed by atoms with van der Waals surface area (Å²) >= 11 is 0. The van der Waals surface area contributed by atoms with Crippen LogP contribution in [0.15, 0.2) is 0 Å². The molecular weight excluding hydrogens is 222 g/mol. The number of carbonyl (C=O) groups excluding carboxylic acids is 3. The Morgan fingerprint density at radius 3 is 2.59 bits per heavy atom. The largest absolute Gasteiger partial charge is 0.320 e. The quantitative estimate of drug-likeness (QED) is 0.635. The maximum Gasteiger partial charge on any atom is 0.249 e. The molecule has 0 bridgehead atoms. The molecule has 1 saturated heterocycles. The first-order valence-electron chi connectivity index (χ1n) is 5.78. The zero-order chi connectivity index (χ0) is 13.2. The molecule has 6 nitrogen and oxygen atoms in total. The van der Waals surface area contributed by atoms with Gasteiger partial charge in [0.05, 0.1) is 6.04 Å². The van der Waals surface area contributed by atoms with Crippen molar-refractivity contribution in [3.05, 3.63) is 0 Å². The first-order chi connectivity index (χ1) is 7.88. The molecule has 3 amide bonds. The smallest absolute Gasteiger partial charge is 0.249 e. The van der Waals surface area contributed by atoms with Crippen LogP contribution in [0, 0.1) is 5.92 Å². The van der Waals surface area contributed by atoms with Gasteiger partial charge in [-0.25, -0.2) is 0 Å². The highest BCUT2D eigenvalue weighted by molar-refractivity contribution is 6.04. The molecule has 2 atom stereocenters. The fraction of sp³-hybridized carbons (Fsp3) is 0.727. The van der Waals surface area contributed by atoms with Crippen LogP contribution in [0.5, 0.6) is 0 Å². The van der Waals surface area contributed by atoms with Gasteiger partial charge in [0, 0.05) is 0 Å². The Hall–Kier alpha value is -1.43. The van der Waals surface area contributed by atoms with Gasteiger partial charge in [-0.15, -0.1) is 0 Å². The molecule has 0 aromatic carbocycles. The molecule has 0 aliphatic carbocycles. The van der Waals surface area contributed by atoms with Crippen molar-refractivity contribution < 1.29 is 14.4 Å². The zero-order valence-corrected chi connectivity index (χ0v) is 10.4. The number of nitrogens with zero attached hydrogens (tertiary/aromatic N) is 1. The summed E-state index contributed by atoms with van der Waals surface area (Å²) in [5, 5.41) is 2.22. The van der Waals surface area contributed by atoms with Crippen LogP contribution in [0.2, 0.25) is 0 Å². The van der Waals surface area contributed by atoms with Crippen molar-refractivity contribution in [3.8, 4) is 0 Å². The number of hydrogen-bond acceptors (Lipinski definition) is 4. The van der Waals surface area contributed by atoms with Gasteiger partial charge in [0.1, 0.15) is 12.6 Å². The maximum atomic E-state index is 12.1. The fourth-order valence-electron chi connectivity index (χ4n) is 1.78. The van der Waals surface area contributed by atoms with Crippen molar-refractivity contribution in [1.29, 1.82) is 0 Å². The number of piperazine rings is 1. The molecule has 3 N–H and O–H groups in total. The van der Waals surface area contributed by atoms with Gasteiger partial charge in [0.2, 0.25) is 17.7 Å². The average Bonchev–Trinajstić information content (AvgIpc) is 2.25. The molecule has 1 heterocycles. The van der Waals surface area contributed by atoms with E-state index in [0.717, 1.165) is 0 Å². The molecule has 0 saturated carbocycles. The summed E-state index contributed by atoms with van der Waals surface area (Å²) in [4.78, 5) is 36.2. The van der Waals surface area contributed by atoms with Crippen LogP contribution in [0.4, 0.5) is 0 Å². The minimum absolute atomic E-state index is 0.0277. The van der Waals surface area contributed by atoms with Gasteiger partial charge in [-0.05, 0) is 12.3 Å². The second kappa shape index (κ2) is 5.27. The zero-order valence-electron chi connectivity index (χ0n) is 10.4. The molecule has 0 aromatic rings. The van der Waals surface area contributed by atoms with E-state index in [-0.39, 0.29) is 18.4 Å². The van der Waals surface area contributed by atoms with Crippen molar-refractivity contribution in [2.75, 3.05) is 6.54 Å². The molecule has 17 heavy (non-hydrogen) atoms. The van der Waals surface area contributed by atoms with Crippen LogP contribution in [0.1, 0.15) is 27.2 Å². The van der Waals surface area contributed by atoms with Crippen LogP contribution in [0.3, 0.4) is 0 Å². The van der Waals surface area contributed by atoms with Gasteiger partial charge in [-0.3, -0.25) is 19.7 Å². The van der Waals surface area contributed by atoms with Gasteiger partial charge in [0.15, 0.2) is 0 Å². The predicted molar refractivity (Wildman–Crippen MR) is 61.8 cm³/mol. The lowest BCUT2D eigenvalue weighted by Crippen LogP contribution is -2.62. The van der Waals surface area contributed by atoms with E-state index in [2.05, 4.69) is 5.32 Å². The summed E-state index contributed by atoms with van der Waals surface area (Å²) in [7, 11) is 0. The summed E-state index contributed by atoms with van der Waals surface area (Å²) in [6, 6.07) is -1.27. The Balaban J connectivity index is 2.88. The molecule has 1 aliphatic heterocycles. The molecule has 0 aromatic heterocycles. The standard InChI is InChI=1S/C11H19N3O3/c1-4-7-10(16)13-8(15)5-14(7)11(17)9(12)6(2)3/h6-7,9H,4-5,12H2,1-3H3,(H,13,15,16). The molecule has 2 unspecified atom stereocenters. The highest BCUT2D eigenvalue weighted by atomic mass is 16.2. The monoisotopic (exact) mass is 241 g/mol. The molecule has 6 heteroatoms. The van der Waals surface area contributed by atoms with Crippen molar-refractivity contribution in [1.82, 2.24) is 10.2 Å². The van der Waals surface area contributed by atoms with Crippen LogP contribution in [-0.2, 0) is 14.4 Å². The molecule has 0 radical (unpaired) electrons. The lowest BCUT2D eigenvalue weighted by Gasteiger charge is -2.35. The summed E-state index contributed by atoms with van der Waals surface area (Å²) in [5.41, 5.74) is 5.76. The number of nitrogens with one attached hydrogen (secondary N) is 1. The van der Waals surface area contributed by atoms with Crippen LogP contribution in [0.25, 0.3) is 0 Å². The van der Waals surface area contributed by atoms with E-state index in [4.69, 9.17) is 5.73 Å². The third kappa shape index (κ3) is 2.82. The average molecular weight is 241 g/mol. The van der Waals surface area contributed by atoms with E-state index in [9.17, 15) is 14.4 Å². The van der Waals surface area contributed by atoms with Gasteiger partial charge >= 0.3 is 0 Å². The van der Waals surface area contributed by atoms with Crippen molar-refractivity contribution in [3.63, 3.8) is 0 Å². The number of imide groups is 1. The highest BCUT2D eigenvalue weighted by Crippen LogP contribution is 2.13. The molecule has 0 spiro atoms. The molecule has 96 valence electrons. The second-order valence-corrected chi connectivity index (χ2v) is 4.57. The first kappa shape index (κ1) is 13.6. The van der Waals surface area contributed by atoms with Crippen LogP contribution < -0.4 is 11.1 Å². The minimum atomic E-state index is -0.678. The third-order valence-corrected chi connectivity index (χ3v) is 2.93. The maximum absolute atomic E-state index is 12.1. The van der Waals surface area contributed by atoms with E-state index >= 15 is 0 Å². The SMILES string of the molecule is CCC1C(=O)NC(=O)CN1C(=O)C(N)C(C)C. The Morgan fingerprint density at radius 1 is 1.53 bits per heavy atom. The Labute approximate surface area is 101 Å². The number of hydrogen-bond donors (Lipinski definition) is 2. The Morgan fingerprint density at radius 2 is 2.12 bits per heavy atom. The lowest BCUT2D eigenvalue weighted by atomic mass is 10.0. The van der Waals surface area contributed by atoms with Gasteiger partial charge in [0.25, 0.3) is 0 Å². The molecular formula is C11H19N3O3. The van der Waals surface area contributed by atoms with Gasteiger partial charge in [-0.2, -0.15) is 0 Å². The van der Waals surface area contributed by atoms with E-state index in [1.54, 1.807) is 6.92 Å². The topological polar surface area (TPSA) is 92.5 Å². The number of nitrogens with two attached hydrogens (primary N) is 1. The van der Waals surface area contributed by atoms with E-state index in [1.807, 2.05) is 13.8 Å². The fourth-order valence-corrected chi connectivity index (χ4v) is 1.78. The van der Waals surface area contributed by atoms with Gasteiger partial charge in [-0.1, -0.05) is 20.8 Å². The molecule has 1 aliphatic rings. The van der Waals surface area contributed by atoms with Gasteiger partial charge < -0.3 is 10.6 Å². The Bertz CT molecular complexity index is 341. The summed E-state index contributed by atoms with van der Waals surface area (Å²) in [5.74, 6) is -1.24. The normalized spacial score (nSPS) is 22.6. The lowest BCUT2D eigenvalue weighted by molar-refractivity contribution is -0.151. The minimum Gasteiger partial charge on any atom is -0.320 e. The summed E-state index contributed by atoms with van der Waals surface area (Å²) in [6.07, 6.45) is 0.468. The van der Waals surface area contributed by atoms with Crippen LogP contribution >= 0.6 is 0 Å². The van der Waals surface area contributed by atoms with Crippen molar-refractivity contribution in [2.24, 2.45) is 11.7 Å². The molecule has 1 fully saturated rings. The van der Waals surface area contributed by atoms with E-state index < -0.39 is 23.9 Å². The molecule has 1 rings (SSSR count). The highest BCUT2D eigenvalue weighted by Gasteiger charge is 2.37. The van der Waals surface area contributed by atoms with Crippen molar-refractivity contribution >= 4 is 17.7 Å².